The molecule has 1 unspecified atom stereocenters. The van der Waals surface area contributed by atoms with Gasteiger partial charge in [-0.3, -0.25) is 14.5 Å². The molecule has 2 fully saturated rings. The van der Waals surface area contributed by atoms with Crippen LogP contribution in [0.5, 0.6) is 0 Å². The van der Waals surface area contributed by atoms with Crippen LogP contribution < -0.4 is 10.6 Å². The summed E-state index contributed by atoms with van der Waals surface area (Å²) in [5, 5.41) is 0. The van der Waals surface area contributed by atoms with Gasteiger partial charge in [0.15, 0.2) is 5.78 Å². The van der Waals surface area contributed by atoms with E-state index in [4.69, 9.17) is 5.73 Å². The van der Waals surface area contributed by atoms with Crippen LogP contribution in [-0.4, -0.2) is 61.3 Å². The molecule has 2 saturated heterocycles. The molecule has 2 N–H and O–H groups in total. The van der Waals surface area contributed by atoms with Crippen molar-refractivity contribution >= 4 is 23.1 Å². The molecule has 32 heavy (non-hydrogen) atoms. The molecule has 1 atom stereocenters. The second-order valence-electron chi connectivity index (χ2n) is 8.99. The third-order valence-electron chi connectivity index (χ3n) is 6.78. The van der Waals surface area contributed by atoms with Gasteiger partial charge in [-0.05, 0) is 50.1 Å². The summed E-state index contributed by atoms with van der Waals surface area (Å²) in [6.45, 7) is 4.36. The highest BCUT2D eigenvalue weighted by molar-refractivity contribution is 5.97. The van der Waals surface area contributed by atoms with E-state index in [2.05, 4.69) is 41.1 Å². The van der Waals surface area contributed by atoms with Crippen LogP contribution in [0.15, 0.2) is 48.5 Å². The Morgan fingerprint density at radius 2 is 1.88 bits per heavy atom. The van der Waals surface area contributed by atoms with Crippen molar-refractivity contribution in [1.29, 1.82) is 0 Å². The van der Waals surface area contributed by atoms with Crippen molar-refractivity contribution in [2.75, 3.05) is 50.4 Å². The van der Waals surface area contributed by atoms with Gasteiger partial charge < -0.3 is 15.5 Å². The number of amides is 1. The van der Waals surface area contributed by atoms with Crippen molar-refractivity contribution in [1.82, 2.24) is 9.80 Å². The van der Waals surface area contributed by atoms with E-state index in [-0.39, 0.29) is 11.7 Å². The number of unbranched alkanes of at least 4 members (excludes halogenated alkanes) is 1. The van der Waals surface area contributed by atoms with Gasteiger partial charge in [-0.15, -0.1) is 0 Å². The lowest BCUT2D eigenvalue weighted by atomic mass is 10.0. The van der Waals surface area contributed by atoms with E-state index in [9.17, 15) is 9.59 Å². The number of hydrogen-bond donors (Lipinski definition) is 1. The van der Waals surface area contributed by atoms with Crippen LogP contribution >= 0.6 is 0 Å². The molecule has 4 rings (SSSR count). The summed E-state index contributed by atoms with van der Waals surface area (Å²) in [4.78, 5) is 31.0. The predicted octanol–water partition coefficient (Wildman–Crippen LogP) is 3.74. The minimum atomic E-state index is 0.122. The van der Waals surface area contributed by atoms with E-state index in [0.29, 0.717) is 30.1 Å². The zero-order chi connectivity index (χ0) is 22.5. The Morgan fingerprint density at radius 3 is 2.59 bits per heavy atom. The van der Waals surface area contributed by atoms with Gasteiger partial charge in [0.2, 0.25) is 5.91 Å². The fourth-order valence-corrected chi connectivity index (χ4v) is 4.82. The third-order valence-corrected chi connectivity index (χ3v) is 6.78. The second-order valence-corrected chi connectivity index (χ2v) is 8.99. The second kappa shape index (κ2) is 10.2. The molecule has 170 valence electrons. The van der Waals surface area contributed by atoms with Gasteiger partial charge >= 0.3 is 0 Å². The first kappa shape index (κ1) is 22.3. The highest BCUT2D eigenvalue weighted by Gasteiger charge is 2.27. The van der Waals surface area contributed by atoms with Gasteiger partial charge in [-0.2, -0.15) is 0 Å². The number of nitrogens with two attached hydrogens (primary N) is 1. The largest absolute Gasteiger partial charge is 0.397 e. The molecule has 0 aromatic heterocycles. The molecular formula is C26H34N4O2. The number of benzene rings is 2. The first-order chi connectivity index (χ1) is 15.5. The quantitative estimate of drug-likeness (QED) is 0.389. The molecule has 2 aliphatic heterocycles. The molecule has 0 radical (unpaired) electrons. The summed E-state index contributed by atoms with van der Waals surface area (Å²) < 4.78 is 0. The van der Waals surface area contributed by atoms with Crippen LogP contribution in [0.4, 0.5) is 11.4 Å². The van der Waals surface area contributed by atoms with Crippen LogP contribution in [0.1, 0.15) is 54.1 Å². The summed E-state index contributed by atoms with van der Waals surface area (Å²) in [5.41, 5.74) is 10.1. The molecule has 2 heterocycles. The minimum Gasteiger partial charge on any atom is -0.397 e. The Hall–Kier alpha value is -2.86. The number of piperazine rings is 1. The van der Waals surface area contributed by atoms with Crippen LogP contribution in [0.25, 0.3) is 0 Å². The fraction of sp³-hybridized carbons (Fsp3) is 0.462. The number of ketones is 1. The maximum Gasteiger partial charge on any atom is 0.222 e. The van der Waals surface area contributed by atoms with Gasteiger partial charge in [-0.1, -0.05) is 30.3 Å². The van der Waals surface area contributed by atoms with E-state index in [1.54, 1.807) is 0 Å². The summed E-state index contributed by atoms with van der Waals surface area (Å²) in [7, 11) is 2.17. The number of carbonyl (C=O) groups excluding carboxylic acids is 2. The topological polar surface area (TPSA) is 69.9 Å². The molecule has 0 saturated carbocycles. The molecular weight excluding hydrogens is 400 g/mol. The number of anilines is 2. The molecule has 2 aromatic rings. The summed E-state index contributed by atoms with van der Waals surface area (Å²) in [5.74, 6) is 0.370. The maximum atomic E-state index is 12.7. The third kappa shape index (κ3) is 5.13. The van der Waals surface area contributed by atoms with Crippen molar-refractivity contribution in [3.05, 3.63) is 59.7 Å². The SMILES string of the molecule is CN1CCN(c2ccc(C(=O)CCCCN3CCCC3=O)cc2N)CC1c1ccccc1. The number of likely N-dealkylation sites (N-methyl/N-ethyl adjacent to an activating group) is 1. The summed E-state index contributed by atoms with van der Waals surface area (Å²) >= 11 is 0. The number of likely N-dealkylation sites (tertiary alicyclic amines) is 1. The standard InChI is InChI=1S/C26H34N4O2/c1-28-16-17-30(19-24(28)20-8-3-2-4-9-20)23-13-12-21(18-22(23)27)25(31)10-5-6-14-29-15-7-11-26(29)32/h2-4,8-9,12-13,18,24H,5-7,10-11,14-17,19,27H2,1H3. The molecule has 2 aliphatic rings. The Labute approximate surface area is 191 Å². The zero-order valence-corrected chi connectivity index (χ0v) is 19.0. The Kier molecular flexibility index (Phi) is 7.10. The van der Waals surface area contributed by atoms with E-state index < -0.39 is 0 Å². The van der Waals surface area contributed by atoms with Crippen LogP contribution in [0.3, 0.4) is 0 Å². The predicted molar refractivity (Wildman–Crippen MR) is 129 cm³/mol. The van der Waals surface area contributed by atoms with E-state index in [1.807, 2.05) is 29.2 Å². The normalized spacial score (nSPS) is 19.5. The van der Waals surface area contributed by atoms with Crippen molar-refractivity contribution < 1.29 is 9.59 Å². The molecule has 0 spiro atoms. The van der Waals surface area contributed by atoms with Crippen LogP contribution in [-0.2, 0) is 4.79 Å². The highest BCUT2D eigenvalue weighted by Crippen LogP contribution is 2.31. The van der Waals surface area contributed by atoms with Gasteiger partial charge in [-0.25, -0.2) is 0 Å². The average Bonchev–Trinajstić information content (AvgIpc) is 3.22. The maximum absolute atomic E-state index is 12.7. The van der Waals surface area contributed by atoms with Gasteiger partial charge in [0.25, 0.3) is 0 Å². The van der Waals surface area contributed by atoms with Crippen molar-refractivity contribution in [2.24, 2.45) is 0 Å². The lowest BCUT2D eigenvalue weighted by Crippen LogP contribution is -2.47. The first-order valence-electron chi connectivity index (χ1n) is 11.7. The van der Waals surface area contributed by atoms with Gasteiger partial charge in [0.1, 0.15) is 0 Å². The molecule has 6 heteroatoms. The number of hydrogen-bond acceptors (Lipinski definition) is 5. The Bertz CT molecular complexity index is 946. The number of nitrogens with zero attached hydrogens (tertiary/aromatic N) is 3. The molecule has 0 bridgehead atoms. The first-order valence-corrected chi connectivity index (χ1v) is 11.7. The van der Waals surface area contributed by atoms with E-state index in [0.717, 1.165) is 57.7 Å². The molecule has 6 nitrogen and oxygen atoms in total. The number of rotatable bonds is 8. The highest BCUT2D eigenvalue weighted by atomic mass is 16.2. The number of nitrogen functional groups attached to an aromatic ring is 1. The molecule has 0 aliphatic carbocycles. The van der Waals surface area contributed by atoms with Gasteiger partial charge in [0, 0.05) is 51.1 Å². The Balaban J connectivity index is 1.34. The van der Waals surface area contributed by atoms with E-state index in [1.165, 1.54) is 5.56 Å². The Morgan fingerprint density at radius 1 is 1.06 bits per heavy atom. The van der Waals surface area contributed by atoms with Gasteiger partial charge in [0.05, 0.1) is 17.4 Å². The summed E-state index contributed by atoms with van der Waals surface area (Å²) in [6, 6.07) is 16.6. The molecule has 1 amide bonds. The lowest BCUT2D eigenvalue weighted by molar-refractivity contribution is -0.127. The lowest BCUT2D eigenvalue weighted by Gasteiger charge is -2.41. The van der Waals surface area contributed by atoms with Crippen molar-refractivity contribution in [3.63, 3.8) is 0 Å². The van der Waals surface area contributed by atoms with Crippen LogP contribution in [0.2, 0.25) is 0 Å². The monoisotopic (exact) mass is 434 g/mol. The fourth-order valence-electron chi connectivity index (χ4n) is 4.82. The smallest absolute Gasteiger partial charge is 0.222 e. The van der Waals surface area contributed by atoms with Crippen LogP contribution in [0, 0.1) is 0 Å². The van der Waals surface area contributed by atoms with E-state index >= 15 is 0 Å². The minimum absolute atomic E-state index is 0.122. The van der Waals surface area contributed by atoms with Crippen molar-refractivity contribution in [2.45, 2.75) is 38.1 Å². The molecule has 2 aromatic carbocycles. The summed E-state index contributed by atoms with van der Waals surface area (Å²) in [6.07, 6.45) is 3.78. The van der Waals surface area contributed by atoms with Crippen molar-refractivity contribution in [3.8, 4) is 0 Å². The zero-order valence-electron chi connectivity index (χ0n) is 19.0. The number of carbonyl (C=O) groups is 2. The number of Topliss-reactive ketones (excluding diaryl/α,β-unsaturated/α-hetero) is 1. The average molecular weight is 435 g/mol.